The molecular weight excluding hydrogens is 360 g/mol. The molecule has 5 rings (SSSR count). The number of aromatic amines is 1. The van der Waals surface area contributed by atoms with Crippen LogP contribution in [0.1, 0.15) is 60.9 Å². The Morgan fingerprint density at radius 1 is 1.10 bits per heavy atom. The Morgan fingerprint density at radius 2 is 1.90 bits per heavy atom. The van der Waals surface area contributed by atoms with Crippen LogP contribution in [-0.2, 0) is 0 Å². The Morgan fingerprint density at radius 3 is 2.66 bits per heavy atom. The van der Waals surface area contributed by atoms with Gasteiger partial charge in [-0.05, 0) is 68.5 Å². The largest absolute Gasteiger partial charge is 0.353 e. The minimum Gasteiger partial charge on any atom is -0.353 e. The third-order valence-corrected chi connectivity index (χ3v) is 6.47. The van der Waals surface area contributed by atoms with Crippen molar-refractivity contribution in [2.45, 2.75) is 52.4 Å². The Bertz CT molecular complexity index is 1190. The highest BCUT2D eigenvalue weighted by Crippen LogP contribution is 2.38. The standard InChI is InChI=1S/C23H28N6/c1-13(2)21-17-9-19(16-5-7-24-8-6-16)25-10-20(17)28-22(21)18-11-29-23(26-12-27-29)15(4)14(18)3/h9-13,16,24,28H,5-8H2,1-4H3. The van der Waals surface area contributed by atoms with Gasteiger partial charge in [0, 0.05) is 28.8 Å². The van der Waals surface area contributed by atoms with E-state index in [1.807, 2.05) is 10.7 Å². The summed E-state index contributed by atoms with van der Waals surface area (Å²) >= 11 is 0. The van der Waals surface area contributed by atoms with Crippen LogP contribution in [0.25, 0.3) is 27.8 Å². The fraction of sp³-hybridized carbons (Fsp3) is 0.435. The average molecular weight is 389 g/mol. The number of pyridine rings is 2. The lowest BCUT2D eigenvalue weighted by atomic mass is 9.91. The van der Waals surface area contributed by atoms with Gasteiger partial charge in [0.15, 0.2) is 5.65 Å². The number of H-pyrrole nitrogens is 1. The first-order chi connectivity index (χ1) is 14.0. The molecule has 2 N–H and O–H groups in total. The Balaban J connectivity index is 1.72. The molecule has 0 radical (unpaired) electrons. The minimum atomic E-state index is 0.396. The van der Waals surface area contributed by atoms with Crippen molar-refractivity contribution in [3.05, 3.63) is 47.2 Å². The summed E-state index contributed by atoms with van der Waals surface area (Å²) in [5, 5.41) is 9.14. The zero-order chi connectivity index (χ0) is 20.1. The molecule has 5 heterocycles. The molecule has 0 saturated carbocycles. The van der Waals surface area contributed by atoms with E-state index in [0.29, 0.717) is 11.8 Å². The second kappa shape index (κ2) is 6.95. The van der Waals surface area contributed by atoms with E-state index in [-0.39, 0.29) is 0 Å². The van der Waals surface area contributed by atoms with Gasteiger partial charge in [0.2, 0.25) is 0 Å². The van der Waals surface area contributed by atoms with Gasteiger partial charge in [-0.2, -0.15) is 5.10 Å². The van der Waals surface area contributed by atoms with Crippen molar-refractivity contribution < 1.29 is 0 Å². The summed E-state index contributed by atoms with van der Waals surface area (Å²) in [6.07, 6.45) is 8.07. The van der Waals surface area contributed by atoms with Gasteiger partial charge in [0.1, 0.15) is 6.33 Å². The number of nitrogens with one attached hydrogen (secondary N) is 2. The molecule has 0 spiro atoms. The van der Waals surface area contributed by atoms with E-state index in [0.717, 1.165) is 37.1 Å². The number of hydrogen-bond acceptors (Lipinski definition) is 4. The fourth-order valence-corrected chi connectivity index (χ4v) is 4.74. The second-order valence-corrected chi connectivity index (χ2v) is 8.57. The summed E-state index contributed by atoms with van der Waals surface area (Å²) in [6.45, 7) is 11.0. The van der Waals surface area contributed by atoms with Gasteiger partial charge in [-0.25, -0.2) is 9.50 Å². The Hall–Kier alpha value is -2.73. The highest BCUT2D eigenvalue weighted by Gasteiger charge is 2.22. The van der Waals surface area contributed by atoms with Crippen molar-refractivity contribution in [1.29, 1.82) is 0 Å². The number of nitrogens with zero attached hydrogens (tertiary/aromatic N) is 4. The molecule has 29 heavy (non-hydrogen) atoms. The smallest absolute Gasteiger partial charge is 0.158 e. The molecule has 1 aliphatic heterocycles. The van der Waals surface area contributed by atoms with Crippen LogP contribution in [0.2, 0.25) is 0 Å². The maximum Gasteiger partial charge on any atom is 0.158 e. The van der Waals surface area contributed by atoms with Crippen LogP contribution < -0.4 is 5.32 Å². The molecule has 6 nitrogen and oxygen atoms in total. The highest BCUT2D eigenvalue weighted by molar-refractivity contribution is 5.92. The minimum absolute atomic E-state index is 0.396. The van der Waals surface area contributed by atoms with Gasteiger partial charge in [0.25, 0.3) is 0 Å². The van der Waals surface area contributed by atoms with Crippen LogP contribution in [0, 0.1) is 13.8 Å². The van der Waals surface area contributed by atoms with Crippen molar-refractivity contribution in [1.82, 2.24) is 29.9 Å². The summed E-state index contributed by atoms with van der Waals surface area (Å²) < 4.78 is 1.88. The molecular formula is C23H28N6. The predicted octanol–water partition coefficient (Wildman–Crippen LogP) is 4.48. The molecule has 0 atom stereocenters. The summed E-state index contributed by atoms with van der Waals surface area (Å²) in [6, 6.07) is 2.33. The van der Waals surface area contributed by atoms with Crippen LogP contribution in [0.5, 0.6) is 0 Å². The molecule has 150 valence electrons. The molecule has 1 saturated heterocycles. The molecule has 0 unspecified atom stereocenters. The summed E-state index contributed by atoms with van der Waals surface area (Å²) in [4.78, 5) is 12.9. The summed E-state index contributed by atoms with van der Waals surface area (Å²) in [7, 11) is 0. The van der Waals surface area contributed by atoms with Gasteiger partial charge >= 0.3 is 0 Å². The Kier molecular flexibility index (Phi) is 4.39. The van der Waals surface area contributed by atoms with Crippen molar-refractivity contribution >= 4 is 16.6 Å². The van der Waals surface area contributed by atoms with E-state index >= 15 is 0 Å². The first-order valence-electron chi connectivity index (χ1n) is 10.6. The molecule has 4 aromatic rings. The predicted molar refractivity (Wildman–Crippen MR) is 116 cm³/mol. The summed E-state index contributed by atoms with van der Waals surface area (Å²) in [5.41, 5.74) is 9.39. The number of aryl methyl sites for hydroxylation is 1. The lowest BCUT2D eigenvalue weighted by molar-refractivity contribution is 0.453. The van der Waals surface area contributed by atoms with Crippen LogP contribution >= 0.6 is 0 Å². The van der Waals surface area contributed by atoms with E-state index in [1.54, 1.807) is 6.33 Å². The second-order valence-electron chi connectivity index (χ2n) is 8.57. The molecule has 0 aliphatic carbocycles. The first kappa shape index (κ1) is 18.3. The van der Waals surface area contributed by atoms with E-state index in [1.165, 1.54) is 39.0 Å². The van der Waals surface area contributed by atoms with Gasteiger partial charge in [-0.1, -0.05) is 13.8 Å². The Labute approximate surface area is 170 Å². The van der Waals surface area contributed by atoms with Crippen molar-refractivity contribution in [2.75, 3.05) is 13.1 Å². The monoisotopic (exact) mass is 388 g/mol. The number of aromatic nitrogens is 5. The number of rotatable bonds is 3. The molecule has 4 aromatic heterocycles. The highest BCUT2D eigenvalue weighted by atomic mass is 15.3. The van der Waals surface area contributed by atoms with Crippen molar-refractivity contribution in [3.63, 3.8) is 0 Å². The number of piperidine rings is 1. The van der Waals surface area contributed by atoms with Gasteiger partial charge in [-0.15, -0.1) is 0 Å². The van der Waals surface area contributed by atoms with E-state index in [4.69, 9.17) is 4.98 Å². The molecule has 1 fully saturated rings. The van der Waals surface area contributed by atoms with Gasteiger partial charge < -0.3 is 10.3 Å². The van der Waals surface area contributed by atoms with Crippen molar-refractivity contribution in [2.24, 2.45) is 0 Å². The quantitative estimate of drug-likeness (QED) is 0.543. The topological polar surface area (TPSA) is 70.9 Å². The normalized spacial score (nSPS) is 15.8. The van der Waals surface area contributed by atoms with Crippen LogP contribution in [-0.4, -0.2) is 37.7 Å². The van der Waals surface area contributed by atoms with E-state index in [2.05, 4.69) is 60.3 Å². The lowest BCUT2D eigenvalue weighted by Gasteiger charge is -2.22. The molecule has 0 aromatic carbocycles. The molecule has 0 amide bonds. The fourth-order valence-electron chi connectivity index (χ4n) is 4.74. The maximum absolute atomic E-state index is 4.83. The van der Waals surface area contributed by atoms with Gasteiger partial charge in [-0.3, -0.25) is 4.98 Å². The number of hydrogen-bond donors (Lipinski definition) is 2. The molecule has 6 heteroatoms. The SMILES string of the molecule is Cc1c(-c2[nH]c3cnc(C4CCNCC4)cc3c2C(C)C)cn2ncnc2c1C. The average Bonchev–Trinajstić information content (AvgIpc) is 3.35. The van der Waals surface area contributed by atoms with Crippen LogP contribution in [0.15, 0.2) is 24.8 Å². The lowest BCUT2D eigenvalue weighted by Crippen LogP contribution is -2.27. The summed E-state index contributed by atoms with van der Waals surface area (Å²) in [5.74, 6) is 0.947. The number of fused-ring (bicyclic) bond motifs is 2. The molecule has 0 bridgehead atoms. The van der Waals surface area contributed by atoms with Crippen LogP contribution in [0.3, 0.4) is 0 Å². The maximum atomic E-state index is 4.83. The van der Waals surface area contributed by atoms with E-state index < -0.39 is 0 Å². The zero-order valence-electron chi connectivity index (χ0n) is 17.6. The zero-order valence-corrected chi connectivity index (χ0v) is 17.6. The van der Waals surface area contributed by atoms with E-state index in [9.17, 15) is 0 Å². The first-order valence-corrected chi connectivity index (χ1v) is 10.6. The third kappa shape index (κ3) is 2.94. The van der Waals surface area contributed by atoms with Gasteiger partial charge in [0.05, 0.1) is 17.4 Å². The van der Waals surface area contributed by atoms with Crippen molar-refractivity contribution in [3.8, 4) is 11.3 Å². The van der Waals surface area contributed by atoms with Crippen LogP contribution in [0.4, 0.5) is 0 Å². The molecule has 1 aliphatic rings. The third-order valence-electron chi connectivity index (χ3n) is 6.47.